The van der Waals surface area contributed by atoms with Gasteiger partial charge >= 0.3 is 0 Å². The average Bonchev–Trinajstić information content (AvgIpc) is 2.69. The Morgan fingerprint density at radius 1 is 1.00 bits per heavy atom. The molecule has 5 nitrogen and oxygen atoms in total. The number of benzene rings is 1. The standard InChI is InChI=1S/C23H27N5/c1-23(2,3)21-10-9-18(13-24-21)27-22-19-15-28(12-11-20(19)25-16-26-22)14-17-7-5-4-6-8-17/h4-10,13,16H,11-12,14-15H2,1-3H3,(H,25,26,27). The van der Waals surface area contributed by atoms with Crippen LogP contribution in [0.2, 0.25) is 0 Å². The van der Waals surface area contributed by atoms with Gasteiger partial charge < -0.3 is 5.32 Å². The van der Waals surface area contributed by atoms with Gasteiger partial charge in [0.05, 0.1) is 17.6 Å². The van der Waals surface area contributed by atoms with E-state index in [9.17, 15) is 0 Å². The van der Waals surface area contributed by atoms with Gasteiger partial charge in [0, 0.05) is 42.7 Å². The van der Waals surface area contributed by atoms with Gasteiger partial charge in [-0.05, 0) is 17.7 Å². The number of pyridine rings is 1. The van der Waals surface area contributed by atoms with Gasteiger partial charge in [-0.25, -0.2) is 9.97 Å². The first kappa shape index (κ1) is 18.6. The molecule has 0 saturated heterocycles. The second-order valence-corrected chi connectivity index (χ2v) is 8.40. The van der Waals surface area contributed by atoms with Crippen LogP contribution in [-0.2, 0) is 24.9 Å². The van der Waals surface area contributed by atoms with Crippen molar-refractivity contribution in [2.24, 2.45) is 0 Å². The van der Waals surface area contributed by atoms with E-state index in [1.165, 1.54) is 11.1 Å². The number of rotatable bonds is 4. The van der Waals surface area contributed by atoms with Crippen molar-refractivity contribution in [3.8, 4) is 0 Å². The molecule has 0 unspecified atom stereocenters. The summed E-state index contributed by atoms with van der Waals surface area (Å²) in [5.74, 6) is 0.882. The molecule has 0 radical (unpaired) electrons. The number of fused-ring (bicyclic) bond motifs is 1. The summed E-state index contributed by atoms with van der Waals surface area (Å²) in [7, 11) is 0. The summed E-state index contributed by atoms with van der Waals surface area (Å²) < 4.78 is 0. The Labute approximate surface area is 166 Å². The van der Waals surface area contributed by atoms with Crippen LogP contribution in [0.1, 0.15) is 43.3 Å². The first-order chi connectivity index (χ1) is 13.5. The fourth-order valence-corrected chi connectivity index (χ4v) is 3.53. The van der Waals surface area contributed by atoms with Crippen molar-refractivity contribution in [1.29, 1.82) is 0 Å². The van der Waals surface area contributed by atoms with E-state index in [0.29, 0.717) is 0 Å². The molecule has 2 aromatic heterocycles. The number of hydrogen-bond donors (Lipinski definition) is 1. The molecule has 4 rings (SSSR count). The van der Waals surface area contributed by atoms with Gasteiger partial charge in [-0.15, -0.1) is 0 Å². The topological polar surface area (TPSA) is 53.9 Å². The molecule has 5 heteroatoms. The highest BCUT2D eigenvalue weighted by Crippen LogP contribution is 2.27. The van der Waals surface area contributed by atoms with Gasteiger partial charge in [0.25, 0.3) is 0 Å². The maximum atomic E-state index is 4.61. The van der Waals surface area contributed by atoms with Crippen LogP contribution in [0.4, 0.5) is 11.5 Å². The summed E-state index contributed by atoms with van der Waals surface area (Å²) in [6.45, 7) is 9.32. The normalized spacial score (nSPS) is 14.5. The van der Waals surface area contributed by atoms with Crippen LogP contribution >= 0.6 is 0 Å². The molecule has 0 fully saturated rings. The van der Waals surface area contributed by atoms with E-state index in [1.807, 2.05) is 6.20 Å². The van der Waals surface area contributed by atoms with E-state index in [4.69, 9.17) is 0 Å². The zero-order chi connectivity index (χ0) is 19.6. The molecule has 0 saturated carbocycles. The Bertz CT molecular complexity index is 929. The Kier molecular flexibility index (Phi) is 5.09. The maximum Gasteiger partial charge on any atom is 0.138 e. The van der Waals surface area contributed by atoms with Crippen LogP contribution in [-0.4, -0.2) is 26.4 Å². The molecule has 0 aliphatic carbocycles. The quantitative estimate of drug-likeness (QED) is 0.731. The molecule has 1 aliphatic heterocycles. The Morgan fingerprint density at radius 2 is 1.82 bits per heavy atom. The monoisotopic (exact) mass is 373 g/mol. The molecular formula is C23H27N5. The lowest BCUT2D eigenvalue weighted by Gasteiger charge is -2.29. The van der Waals surface area contributed by atoms with Crippen molar-refractivity contribution in [2.75, 3.05) is 11.9 Å². The minimum absolute atomic E-state index is 0.0462. The summed E-state index contributed by atoms with van der Waals surface area (Å²) in [5.41, 5.74) is 5.74. The van der Waals surface area contributed by atoms with E-state index in [-0.39, 0.29) is 5.41 Å². The van der Waals surface area contributed by atoms with Gasteiger partial charge in [-0.1, -0.05) is 51.1 Å². The fraction of sp³-hybridized carbons (Fsp3) is 0.348. The number of nitrogens with one attached hydrogen (secondary N) is 1. The maximum absolute atomic E-state index is 4.61. The number of hydrogen-bond acceptors (Lipinski definition) is 5. The Hall–Kier alpha value is -2.79. The van der Waals surface area contributed by atoms with Crippen LogP contribution in [0.3, 0.4) is 0 Å². The van der Waals surface area contributed by atoms with Crippen LogP contribution in [0.25, 0.3) is 0 Å². The minimum Gasteiger partial charge on any atom is -0.339 e. The lowest BCUT2D eigenvalue weighted by Crippen LogP contribution is -2.31. The number of anilines is 2. The van der Waals surface area contributed by atoms with Crippen LogP contribution in [0.5, 0.6) is 0 Å². The lowest BCUT2D eigenvalue weighted by molar-refractivity contribution is 0.243. The molecule has 0 amide bonds. The van der Waals surface area contributed by atoms with E-state index in [1.54, 1.807) is 6.33 Å². The largest absolute Gasteiger partial charge is 0.339 e. The van der Waals surface area contributed by atoms with E-state index >= 15 is 0 Å². The number of aromatic nitrogens is 3. The highest BCUT2D eigenvalue weighted by molar-refractivity contribution is 5.59. The Morgan fingerprint density at radius 3 is 2.54 bits per heavy atom. The average molecular weight is 374 g/mol. The molecule has 1 aliphatic rings. The molecule has 0 bridgehead atoms. The SMILES string of the molecule is CC(C)(C)c1ccc(Nc2ncnc3c2CN(Cc2ccccc2)CC3)cn1. The molecule has 0 spiro atoms. The van der Waals surface area contributed by atoms with Gasteiger partial charge in [0.15, 0.2) is 0 Å². The van der Waals surface area contributed by atoms with Crippen LogP contribution < -0.4 is 5.32 Å². The first-order valence-corrected chi connectivity index (χ1v) is 9.81. The third-order valence-electron chi connectivity index (χ3n) is 5.12. The van der Waals surface area contributed by atoms with Crippen molar-refractivity contribution in [3.05, 3.63) is 77.5 Å². The summed E-state index contributed by atoms with van der Waals surface area (Å²) in [6, 6.07) is 14.8. The van der Waals surface area contributed by atoms with Crippen LogP contribution in [0, 0.1) is 0 Å². The summed E-state index contributed by atoms with van der Waals surface area (Å²) in [5, 5.41) is 3.45. The van der Waals surface area contributed by atoms with Gasteiger partial charge in [0.2, 0.25) is 0 Å². The second-order valence-electron chi connectivity index (χ2n) is 8.40. The summed E-state index contributed by atoms with van der Waals surface area (Å²) >= 11 is 0. The minimum atomic E-state index is 0.0462. The van der Waals surface area contributed by atoms with Crippen molar-refractivity contribution in [3.63, 3.8) is 0 Å². The first-order valence-electron chi connectivity index (χ1n) is 9.81. The molecule has 28 heavy (non-hydrogen) atoms. The van der Waals surface area contributed by atoms with Gasteiger partial charge in [-0.3, -0.25) is 9.88 Å². The highest BCUT2D eigenvalue weighted by atomic mass is 15.1. The van der Waals surface area contributed by atoms with Gasteiger partial charge in [-0.2, -0.15) is 0 Å². The molecule has 1 aromatic carbocycles. The summed E-state index contributed by atoms with van der Waals surface area (Å²) in [4.78, 5) is 16.1. The summed E-state index contributed by atoms with van der Waals surface area (Å²) in [6.07, 6.45) is 4.49. The van der Waals surface area contributed by atoms with E-state index in [2.05, 4.69) is 88.4 Å². The molecule has 144 valence electrons. The van der Waals surface area contributed by atoms with Crippen LogP contribution in [0.15, 0.2) is 55.0 Å². The van der Waals surface area contributed by atoms with Crippen molar-refractivity contribution < 1.29 is 0 Å². The molecule has 3 aromatic rings. The van der Waals surface area contributed by atoms with Crippen molar-refractivity contribution >= 4 is 11.5 Å². The predicted octanol–water partition coefficient (Wildman–Crippen LogP) is 4.47. The molecule has 3 heterocycles. The third-order valence-corrected chi connectivity index (χ3v) is 5.12. The Balaban J connectivity index is 1.52. The lowest BCUT2D eigenvalue weighted by atomic mass is 9.92. The zero-order valence-electron chi connectivity index (χ0n) is 16.8. The fourth-order valence-electron chi connectivity index (χ4n) is 3.53. The predicted molar refractivity (Wildman–Crippen MR) is 113 cm³/mol. The van der Waals surface area contributed by atoms with E-state index < -0.39 is 0 Å². The molecule has 1 N–H and O–H groups in total. The van der Waals surface area contributed by atoms with Crippen molar-refractivity contribution in [1.82, 2.24) is 19.9 Å². The van der Waals surface area contributed by atoms with E-state index in [0.717, 1.165) is 48.9 Å². The second kappa shape index (κ2) is 7.68. The zero-order valence-corrected chi connectivity index (χ0v) is 16.8. The molecular weight excluding hydrogens is 346 g/mol. The smallest absolute Gasteiger partial charge is 0.138 e. The number of nitrogens with zero attached hydrogens (tertiary/aromatic N) is 4. The highest BCUT2D eigenvalue weighted by Gasteiger charge is 2.21. The molecule has 0 atom stereocenters. The van der Waals surface area contributed by atoms with Crippen molar-refractivity contribution in [2.45, 2.75) is 45.7 Å². The third kappa shape index (κ3) is 4.20. The van der Waals surface area contributed by atoms with Gasteiger partial charge in [0.1, 0.15) is 12.1 Å².